The Morgan fingerprint density at radius 3 is 2.33 bits per heavy atom. The van der Waals surface area contributed by atoms with Crippen LogP contribution in [0.1, 0.15) is 43.5 Å². The predicted octanol–water partition coefficient (Wildman–Crippen LogP) is 1.98. The zero-order valence-electron chi connectivity index (χ0n) is 14.0. The van der Waals surface area contributed by atoms with Crippen molar-refractivity contribution >= 4 is 23.6 Å². The molecule has 0 saturated carbocycles. The van der Waals surface area contributed by atoms with Crippen molar-refractivity contribution in [3.63, 3.8) is 0 Å². The zero-order valence-corrected chi connectivity index (χ0v) is 14.0. The number of aliphatic carboxylic acids is 1. The number of carbonyl (C=O) groups excluding carboxylic acids is 2. The topological polar surface area (TPSA) is 98.7 Å². The first-order chi connectivity index (χ1) is 11.4. The number of anilines is 1. The SMILES string of the molecule is CCC(CC)(CC(=O)O)NC(=O)c1ccc(N2CCNC2=O)cc1. The van der Waals surface area contributed by atoms with Gasteiger partial charge >= 0.3 is 12.0 Å². The fourth-order valence-electron chi connectivity index (χ4n) is 2.83. The minimum atomic E-state index is -0.936. The maximum Gasteiger partial charge on any atom is 0.321 e. The predicted molar refractivity (Wildman–Crippen MR) is 90.2 cm³/mol. The molecule has 130 valence electrons. The van der Waals surface area contributed by atoms with Gasteiger partial charge in [-0.3, -0.25) is 14.5 Å². The monoisotopic (exact) mass is 333 g/mol. The van der Waals surface area contributed by atoms with Crippen molar-refractivity contribution in [2.75, 3.05) is 18.0 Å². The molecule has 1 heterocycles. The molecule has 0 aliphatic carbocycles. The fraction of sp³-hybridized carbons (Fsp3) is 0.471. The molecule has 24 heavy (non-hydrogen) atoms. The Kier molecular flexibility index (Phi) is 5.43. The molecule has 0 bridgehead atoms. The van der Waals surface area contributed by atoms with Gasteiger partial charge in [-0.25, -0.2) is 4.79 Å². The van der Waals surface area contributed by atoms with E-state index in [2.05, 4.69) is 10.6 Å². The first kappa shape index (κ1) is 17.8. The average molecular weight is 333 g/mol. The lowest BCUT2D eigenvalue weighted by atomic mass is 9.88. The number of hydrogen-bond acceptors (Lipinski definition) is 3. The Hall–Kier alpha value is -2.57. The van der Waals surface area contributed by atoms with Crippen molar-refractivity contribution in [1.82, 2.24) is 10.6 Å². The summed E-state index contributed by atoms with van der Waals surface area (Å²) >= 11 is 0. The summed E-state index contributed by atoms with van der Waals surface area (Å²) < 4.78 is 0. The normalized spacial score (nSPS) is 14.4. The van der Waals surface area contributed by atoms with Gasteiger partial charge in [0.1, 0.15) is 0 Å². The number of urea groups is 1. The standard InChI is InChI=1S/C17H23N3O4/c1-3-17(4-2,11-14(21)22)19-15(23)12-5-7-13(8-6-12)20-10-9-18-16(20)24/h5-8H,3-4,9-11H2,1-2H3,(H,18,24)(H,19,23)(H,21,22). The summed E-state index contributed by atoms with van der Waals surface area (Å²) in [5.41, 5.74) is 0.413. The lowest BCUT2D eigenvalue weighted by Gasteiger charge is -2.31. The van der Waals surface area contributed by atoms with Gasteiger partial charge in [0.05, 0.1) is 12.0 Å². The van der Waals surface area contributed by atoms with Crippen LogP contribution in [-0.2, 0) is 4.79 Å². The summed E-state index contributed by atoms with van der Waals surface area (Å²) in [7, 11) is 0. The van der Waals surface area contributed by atoms with Crippen molar-refractivity contribution in [3.8, 4) is 0 Å². The van der Waals surface area contributed by atoms with Crippen LogP contribution in [0, 0.1) is 0 Å². The second-order valence-electron chi connectivity index (χ2n) is 5.94. The van der Waals surface area contributed by atoms with Gasteiger partial charge in [-0.05, 0) is 37.1 Å². The highest BCUT2D eigenvalue weighted by Crippen LogP contribution is 2.22. The van der Waals surface area contributed by atoms with E-state index in [4.69, 9.17) is 5.11 Å². The molecule has 1 aromatic rings. The molecule has 1 aromatic carbocycles. The van der Waals surface area contributed by atoms with Gasteiger partial charge < -0.3 is 15.7 Å². The second-order valence-corrected chi connectivity index (χ2v) is 5.94. The molecule has 7 heteroatoms. The van der Waals surface area contributed by atoms with E-state index in [0.717, 1.165) is 5.69 Å². The van der Waals surface area contributed by atoms with Gasteiger partial charge in [0.2, 0.25) is 0 Å². The minimum absolute atomic E-state index is 0.113. The van der Waals surface area contributed by atoms with Crippen molar-refractivity contribution in [2.45, 2.75) is 38.6 Å². The van der Waals surface area contributed by atoms with Crippen molar-refractivity contribution < 1.29 is 19.5 Å². The number of hydrogen-bond donors (Lipinski definition) is 3. The van der Waals surface area contributed by atoms with E-state index in [1.54, 1.807) is 29.2 Å². The van der Waals surface area contributed by atoms with E-state index in [-0.39, 0.29) is 18.4 Å². The number of carboxylic acids is 1. The molecule has 3 amide bonds. The molecule has 2 rings (SSSR count). The minimum Gasteiger partial charge on any atom is -0.481 e. The lowest BCUT2D eigenvalue weighted by molar-refractivity contribution is -0.138. The summed E-state index contributed by atoms with van der Waals surface area (Å²) in [6.45, 7) is 4.92. The number of amides is 3. The third kappa shape index (κ3) is 3.84. The number of rotatable bonds is 7. The number of benzene rings is 1. The summed E-state index contributed by atoms with van der Waals surface area (Å²) in [5.74, 6) is -1.24. The van der Waals surface area contributed by atoms with Gasteiger partial charge in [0.25, 0.3) is 5.91 Å². The van der Waals surface area contributed by atoms with Gasteiger partial charge in [0.15, 0.2) is 0 Å². The third-order valence-corrected chi connectivity index (χ3v) is 4.52. The van der Waals surface area contributed by atoms with E-state index >= 15 is 0 Å². The number of nitrogens with one attached hydrogen (secondary N) is 2. The van der Waals surface area contributed by atoms with Crippen LogP contribution in [0.25, 0.3) is 0 Å². The van der Waals surface area contributed by atoms with E-state index in [1.807, 2.05) is 13.8 Å². The largest absolute Gasteiger partial charge is 0.481 e. The third-order valence-electron chi connectivity index (χ3n) is 4.52. The van der Waals surface area contributed by atoms with Crippen LogP contribution in [0.4, 0.5) is 10.5 Å². The maximum absolute atomic E-state index is 12.5. The highest BCUT2D eigenvalue weighted by atomic mass is 16.4. The van der Waals surface area contributed by atoms with Gasteiger partial charge in [-0.1, -0.05) is 13.8 Å². The molecule has 1 aliphatic rings. The first-order valence-corrected chi connectivity index (χ1v) is 8.10. The number of carboxylic acid groups (broad SMARTS) is 1. The number of nitrogens with zero attached hydrogens (tertiary/aromatic N) is 1. The molecule has 3 N–H and O–H groups in total. The number of carbonyl (C=O) groups is 3. The Balaban J connectivity index is 2.11. The molecule has 1 saturated heterocycles. The highest BCUT2D eigenvalue weighted by Gasteiger charge is 2.31. The molecule has 0 spiro atoms. The van der Waals surface area contributed by atoms with Crippen LogP contribution in [0.5, 0.6) is 0 Å². The van der Waals surface area contributed by atoms with Crippen molar-refractivity contribution in [1.29, 1.82) is 0 Å². The van der Waals surface area contributed by atoms with E-state index < -0.39 is 11.5 Å². The van der Waals surface area contributed by atoms with Gasteiger partial charge in [-0.2, -0.15) is 0 Å². The van der Waals surface area contributed by atoms with Crippen LogP contribution >= 0.6 is 0 Å². The summed E-state index contributed by atoms with van der Waals surface area (Å²) in [6, 6.07) is 6.58. The van der Waals surface area contributed by atoms with Crippen molar-refractivity contribution in [3.05, 3.63) is 29.8 Å². The average Bonchev–Trinajstić information content (AvgIpc) is 2.99. The van der Waals surface area contributed by atoms with E-state index in [0.29, 0.717) is 31.5 Å². The smallest absolute Gasteiger partial charge is 0.321 e. The highest BCUT2D eigenvalue weighted by molar-refractivity contribution is 5.97. The molecule has 0 radical (unpaired) electrons. The summed E-state index contributed by atoms with van der Waals surface area (Å²) in [4.78, 5) is 36.8. The van der Waals surface area contributed by atoms with Gasteiger partial charge in [-0.15, -0.1) is 0 Å². The maximum atomic E-state index is 12.5. The first-order valence-electron chi connectivity index (χ1n) is 8.10. The summed E-state index contributed by atoms with van der Waals surface area (Å²) in [6.07, 6.45) is 0.957. The Morgan fingerprint density at radius 1 is 1.25 bits per heavy atom. The van der Waals surface area contributed by atoms with Crippen LogP contribution in [0.15, 0.2) is 24.3 Å². The molecular weight excluding hydrogens is 310 g/mol. The molecular formula is C17H23N3O4. The zero-order chi connectivity index (χ0) is 17.7. The van der Waals surface area contributed by atoms with E-state index in [1.165, 1.54) is 0 Å². The molecule has 0 unspecified atom stereocenters. The Labute approximate surface area is 141 Å². The fourth-order valence-corrected chi connectivity index (χ4v) is 2.83. The molecule has 0 aromatic heterocycles. The molecule has 1 aliphatic heterocycles. The van der Waals surface area contributed by atoms with Crippen LogP contribution in [0.3, 0.4) is 0 Å². The Bertz CT molecular complexity index is 623. The Morgan fingerprint density at radius 2 is 1.88 bits per heavy atom. The molecule has 1 fully saturated rings. The van der Waals surface area contributed by atoms with Gasteiger partial charge in [0, 0.05) is 24.3 Å². The molecule has 0 atom stereocenters. The van der Waals surface area contributed by atoms with Crippen LogP contribution in [0.2, 0.25) is 0 Å². The van der Waals surface area contributed by atoms with E-state index in [9.17, 15) is 14.4 Å². The molecule has 7 nitrogen and oxygen atoms in total. The summed E-state index contributed by atoms with van der Waals surface area (Å²) in [5, 5.41) is 14.7. The second kappa shape index (κ2) is 7.33. The van der Waals surface area contributed by atoms with Crippen LogP contribution in [-0.4, -0.2) is 41.6 Å². The lowest BCUT2D eigenvalue weighted by Crippen LogP contribution is -2.49. The van der Waals surface area contributed by atoms with Crippen LogP contribution < -0.4 is 15.5 Å². The van der Waals surface area contributed by atoms with Crippen molar-refractivity contribution in [2.24, 2.45) is 0 Å². The quantitative estimate of drug-likeness (QED) is 0.710.